The van der Waals surface area contributed by atoms with E-state index < -0.39 is 0 Å². The Morgan fingerprint density at radius 2 is 1.92 bits per heavy atom. The number of thioether (sulfide) groups is 1. The Morgan fingerprint density at radius 3 is 2.67 bits per heavy atom. The molecular formula is C18H24N4OS. The Balaban J connectivity index is 1.63. The number of carbonyl (C=O) groups excluding carboxylic acids is 1. The highest BCUT2D eigenvalue weighted by molar-refractivity contribution is 7.99. The summed E-state index contributed by atoms with van der Waals surface area (Å²) in [6, 6.07) is 7.73. The van der Waals surface area contributed by atoms with Crippen LogP contribution in [-0.2, 0) is 10.5 Å². The number of nitrogen functional groups attached to an aromatic ring is 1. The molecule has 1 atom stereocenters. The third kappa shape index (κ3) is 3.98. The van der Waals surface area contributed by atoms with E-state index in [0.717, 1.165) is 36.8 Å². The summed E-state index contributed by atoms with van der Waals surface area (Å²) >= 11 is 1.58. The van der Waals surface area contributed by atoms with E-state index in [1.807, 2.05) is 36.1 Å². The fourth-order valence-electron chi connectivity index (χ4n) is 3.03. The van der Waals surface area contributed by atoms with Crippen molar-refractivity contribution >= 4 is 34.4 Å². The number of amides is 1. The number of likely N-dealkylation sites (tertiary alicyclic amines) is 1. The smallest absolute Gasteiger partial charge is 0.235 e. The van der Waals surface area contributed by atoms with E-state index in [1.165, 1.54) is 12.8 Å². The van der Waals surface area contributed by atoms with Crippen molar-refractivity contribution in [2.75, 3.05) is 18.8 Å². The molecule has 1 amide bonds. The van der Waals surface area contributed by atoms with Crippen molar-refractivity contribution in [2.45, 2.75) is 43.6 Å². The number of aromatic nitrogens is 2. The fourth-order valence-corrected chi connectivity index (χ4v) is 3.85. The van der Waals surface area contributed by atoms with Gasteiger partial charge in [0.05, 0.1) is 16.5 Å². The minimum atomic E-state index is -0.0839. The van der Waals surface area contributed by atoms with E-state index in [1.54, 1.807) is 11.8 Å². The van der Waals surface area contributed by atoms with Gasteiger partial charge in [-0.3, -0.25) is 4.79 Å². The van der Waals surface area contributed by atoms with Gasteiger partial charge in [0.15, 0.2) is 0 Å². The maximum atomic E-state index is 12.6. The van der Waals surface area contributed by atoms with Crippen molar-refractivity contribution in [3.8, 4) is 0 Å². The molecule has 0 saturated carbocycles. The largest absolute Gasteiger partial charge is 0.383 e. The molecule has 0 bridgehead atoms. The van der Waals surface area contributed by atoms with Crippen molar-refractivity contribution < 1.29 is 4.79 Å². The number of hydrogen-bond acceptors (Lipinski definition) is 5. The van der Waals surface area contributed by atoms with Gasteiger partial charge in [0.2, 0.25) is 5.91 Å². The number of carbonyl (C=O) groups is 1. The van der Waals surface area contributed by atoms with Gasteiger partial charge in [-0.25, -0.2) is 9.97 Å². The number of rotatable bonds is 4. The average Bonchev–Trinajstić information content (AvgIpc) is 2.88. The number of benzene rings is 1. The third-order valence-corrected chi connectivity index (χ3v) is 5.53. The topological polar surface area (TPSA) is 72.1 Å². The van der Waals surface area contributed by atoms with Crippen LogP contribution in [-0.4, -0.2) is 39.1 Å². The zero-order valence-corrected chi connectivity index (χ0v) is 14.9. The van der Waals surface area contributed by atoms with Crippen LogP contribution in [0.15, 0.2) is 24.3 Å². The van der Waals surface area contributed by atoms with Gasteiger partial charge in [-0.2, -0.15) is 0 Å². The summed E-state index contributed by atoms with van der Waals surface area (Å²) in [6.45, 7) is 3.76. The lowest BCUT2D eigenvalue weighted by molar-refractivity contribution is -0.130. The third-order valence-electron chi connectivity index (χ3n) is 4.41. The lowest BCUT2D eigenvalue weighted by Crippen LogP contribution is -2.37. The summed E-state index contributed by atoms with van der Waals surface area (Å²) in [5.41, 5.74) is 6.88. The van der Waals surface area contributed by atoms with E-state index in [-0.39, 0.29) is 11.2 Å². The second kappa shape index (κ2) is 7.83. The van der Waals surface area contributed by atoms with E-state index in [2.05, 4.69) is 9.97 Å². The maximum absolute atomic E-state index is 12.6. The molecule has 6 heteroatoms. The van der Waals surface area contributed by atoms with E-state index in [9.17, 15) is 4.79 Å². The molecule has 128 valence electrons. The molecule has 0 spiro atoms. The number of nitrogens with two attached hydrogens (primary N) is 1. The van der Waals surface area contributed by atoms with Crippen molar-refractivity contribution in [3.05, 3.63) is 30.1 Å². The SMILES string of the molecule is CC(SCc1nc(N)c2ccccc2n1)C(=O)N1CCCCCC1. The quantitative estimate of drug-likeness (QED) is 0.922. The van der Waals surface area contributed by atoms with Crippen LogP contribution in [0.3, 0.4) is 0 Å². The predicted molar refractivity (Wildman–Crippen MR) is 99.8 cm³/mol. The first kappa shape index (κ1) is 17.0. The van der Waals surface area contributed by atoms with Gasteiger partial charge in [-0.1, -0.05) is 25.0 Å². The summed E-state index contributed by atoms with van der Waals surface area (Å²) in [7, 11) is 0. The standard InChI is InChI=1S/C18H24N4OS/c1-13(18(23)22-10-6-2-3-7-11-22)24-12-16-20-15-9-5-4-8-14(15)17(19)21-16/h4-5,8-9,13H,2-3,6-7,10-12H2,1H3,(H2,19,20,21). The molecule has 3 rings (SSSR count). The van der Waals surface area contributed by atoms with Crippen molar-refractivity contribution in [1.82, 2.24) is 14.9 Å². The molecule has 1 aromatic carbocycles. The van der Waals surface area contributed by atoms with Crippen molar-refractivity contribution in [1.29, 1.82) is 0 Å². The summed E-state index contributed by atoms with van der Waals surface area (Å²) in [4.78, 5) is 23.5. The molecule has 24 heavy (non-hydrogen) atoms. The monoisotopic (exact) mass is 344 g/mol. The van der Waals surface area contributed by atoms with Crippen molar-refractivity contribution in [2.24, 2.45) is 0 Å². The second-order valence-electron chi connectivity index (χ2n) is 6.23. The Kier molecular flexibility index (Phi) is 5.56. The minimum Gasteiger partial charge on any atom is -0.383 e. The van der Waals surface area contributed by atoms with Crippen LogP contribution >= 0.6 is 11.8 Å². The van der Waals surface area contributed by atoms with Gasteiger partial charge in [-0.15, -0.1) is 11.8 Å². The van der Waals surface area contributed by atoms with Crippen LogP contribution in [0.2, 0.25) is 0 Å². The van der Waals surface area contributed by atoms with Crippen LogP contribution in [0, 0.1) is 0 Å². The molecule has 2 heterocycles. The van der Waals surface area contributed by atoms with Gasteiger partial charge in [-0.05, 0) is 31.9 Å². The molecule has 1 aliphatic heterocycles. The van der Waals surface area contributed by atoms with Crippen LogP contribution < -0.4 is 5.73 Å². The molecular weight excluding hydrogens is 320 g/mol. The lowest BCUT2D eigenvalue weighted by atomic mass is 10.2. The first-order chi connectivity index (χ1) is 11.6. The number of anilines is 1. The van der Waals surface area contributed by atoms with Gasteiger partial charge < -0.3 is 10.6 Å². The number of fused-ring (bicyclic) bond motifs is 1. The van der Waals surface area contributed by atoms with Gasteiger partial charge in [0, 0.05) is 18.5 Å². The van der Waals surface area contributed by atoms with Crippen LogP contribution in [0.25, 0.3) is 10.9 Å². The second-order valence-corrected chi connectivity index (χ2v) is 7.56. The molecule has 1 saturated heterocycles. The van der Waals surface area contributed by atoms with Crippen LogP contribution in [0.1, 0.15) is 38.4 Å². The van der Waals surface area contributed by atoms with E-state index in [0.29, 0.717) is 17.4 Å². The highest BCUT2D eigenvalue weighted by atomic mass is 32.2. The maximum Gasteiger partial charge on any atom is 0.235 e. The highest BCUT2D eigenvalue weighted by Crippen LogP contribution is 2.23. The number of nitrogens with zero attached hydrogens (tertiary/aromatic N) is 3. The van der Waals surface area contributed by atoms with Crippen LogP contribution in [0.5, 0.6) is 0 Å². The first-order valence-corrected chi connectivity index (χ1v) is 9.61. The Labute approximate surface area is 147 Å². The molecule has 1 aromatic heterocycles. The van der Waals surface area contributed by atoms with Gasteiger partial charge in [0.1, 0.15) is 11.6 Å². The molecule has 1 aliphatic rings. The minimum absolute atomic E-state index is 0.0839. The number of hydrogen-bond donors (Lipinski definition) is 1. The van der Waals surface area contributed by atoms with E-state index in [4.69, 9.17) is 5.73 Å². The first-order valence-electron chi connectivity index (χ1n) is 8.56. The Bertz CT molecular complexity index is 713. The zero-order chi connectivity index (χ0) is 16.9. The Morgan fingerprint density at radius 1 is 1.21 bits per heavy atom. The van der Waals surface area contributed by atoms with E-state index >= 15 is 0 Å². The molecule has 2 N–H and O–H groups in total. The summed E-state index contributed by atoms with van der Waals surface area (Å²) in [6.07, 6.45) is 4.70. The zero-order valence-electron chi connectivity index (χ0n) is 14.1. The van der Waals surface area contributed by atoms with Crippen molar-refractivity contribution in [3.63, 3.8) is 0 Å². The Hall–Kier alpha value is -1.82. The fraction of sp³-hybridized carbons (Fsp3) is 0.500. The molecule has 0 radical (unpaired) electrons. The lowest BCUT2D eigenvalue weighted by Gasteiger charge is -2.23. The summed E-state index contributed by atoms with van der Waals surface area (Å²) in [5, 5.41) is 0.791. The summed E-state index contributed by atoms with van der Waals surface area (Å²) < 4.78 is 0. The number of para-hydroxylation sites is 1. The molecule has 1 fully saturated rings. The molecule has 5 nitrogen and oxygen atoms in total. The molecule has 0 aliphatic carbocycles. The molecule has 2 aromatic rings. The molecule has 1 unspecified atom stereocenters. The predicted octanol–water partition coefficient (Wildman–Crippen LogP) is 3.24. The normalized spacial score (nSPS) is 16.8. The average molecular weight is 344 g/mol. The van der Waals surface area contributed by atoms with Crippen LogP contribution in [0.4, 0.5) is 5.82 Å². The van der Waals surface area contributed by atoms with Gasteiger partial charge >= 0.3 is 0 Å². The van der Waals surface area contributed by atoms with Gasteiger partial charge in [0.25, 0.3) is 0 Å². The summed E-state index contributed by atoms with van der Waals surface area (Å²) in [5.74, 6) is 2.01. The highest BCUT2D eigenvalue weighted by Gasteiger charge is 2.22.